The van der Waals surface area contributed by atoms with Gasteiger partial charge in [0, 0.05) is 0 Å². The van der Waals surface area contributed by atoms with Crippen LogP contribution in [-0.2, 0) is 16.2 Å². The molecule has 0 saturated heterocycles. The van der Waals surface area contributed by atoms with Gasteiger partial charge in [-0.25, -0.2) is 0 Å². The van der Waals surface area contributed by atoms with Gasteiger partial charge in [-0.15, -0.1) is 0 Å². The van der Waals surface area contributed by atoms with Crippen molar-refractivity contribution in [1.29, 1.82) is 0 Å². The molecule has 1 aromatic carbocycles. The highest BCUT2D eigenvalue weighted by Gasteiger charge is 2.13. The molecule has 1 rings (SSSR count). The smallest absolute Gasteiger partial charge is 0.323 e. The molecule has 0 aromatic heterocycles. The summed E-state index contributed by atoms with van der Waals surface area (Å²) in [4.78, 5) is 15.7. The molecule has 4 nitrogen and oxygen atoms in total. The summed E-state index contributed by atoms with van der Waals surface area (Å²) in [5.74, 6) is -0.898. The maximum atomic E-state index is 10.6. The van der Waals surface area contributed by atoms with Crippen LogP contribution in [-0.4, -0.2) is 17.1 Å². The zero-order valence-electron chi connectivity index (χ0n) is 8.64. The van der Waals surface area contributed by atoms with Crippen LogP contribution in [0.3, 0.4) is 0 Å². The molecular formula is C11H15NO3. The van der Waals surface area contributed by atoms with E-state index in [2.05, 4.69) is 5.48 Å². The van der Waals surface area contributed by atoms with Crippen LogP contribution in [0.4, 0.5) is 0 Å². The second kappa shape index (κ2) is 6.16. The third-order valence-electron chi connectivity index (χ3n) is 2.01. The van der Waals surface area contributed by atoms with Crippen molar-refractivity contribution in [2.24, 2.45) is 0 Å². The second-order valence-corrected chi connectivity index (χ2v) is 3.19. The van der Waals surface area contributed by atoms with E-state index in [0.29, 0.717) is 13.0 Å². The van der Waals surface area contributed by atoms with E-state index in [-0.39, 0.29) is 0 Å². The topological polar surface area (TPSA) is 58.6 Å². The normalized spacial score (nSPS) is 12.3. The zero-order chi connectivity index (χ0) is 11.1. The van der Waals surface area contributed by atoms with Crippen molar-refractivity contribution in [2.75, 3.05) is 0 Å². The van der Waals surface area contributed by atoms with Gasteiger partial charge in [0.25, 0.3) is 0 Å². The lowest BCUT2D eigenvalue weighted by Crippen LogP contribution is -2.35. The Labute approximate surface area is 88.8 Å². The third-order valence-corrected chi connectivity index (χ3v) is 2.01. The van der Waals surface area contributed by atoms with Crippen LogP contribution in [0.5, 0.6) is 0 Å². The van der Waals surface area contributed by atoms with E-state index >= 15 is 0 Å². The number of hydroxylamine groups is 1. The molecule has 0 aliphatic carbocycles. The molecule has 0 bridgehead atoms. The Kier molecular flexibility index (Phi) is 4.80. The average molecular weight is 209 g/mol. The first-order chi connectivity index (χ1) is 7.24. The van der Waals surface area contributed by atoms with Crippen LogP contribution in [0.1, 0.15) is 18.9 Å². The fourth-order valence-corrected chi connectivity index (χ4v) is 1.11. The van der Waals surface area contributed by atoms with Gasteiger partial charge in [-0.1, -0.05) is 37.3 Å². The number of rotatable bonds is 6. The van der Waals surface area contributed by atoms with Crippen molar-refractivity contribution in [3.05, 3.63) is 35.9 Å². The maximum absolute atomic E-state index is 10.6. The standard InChI is InChI=1S/C11H15NO3/c1-2-10(11(13)14)12-15-8-9-6-4-3-5-7-9/h3-7,10,12H,2,8H2,1H3,(H,13,14). The first-order valence-corrected chi connectivity index (χ1v) is 4.88. The summed E-state index contributed by atoms with van der Waals surface area (Å²) in [6.45, 7) is 2.16. The largest absolute Gasteiger partial charge is 0.480 e. The van der Waals surface area contributed by atoms with E-state index in [1.165, 1.54) is 0 Å². The van der Waals surface area contributed by atoms with Gasteiger partial charge in [0.15, 0.2) is 0 Å². The molecule has 0 aliphatic heterocycles. The third kappa shape index (κ3) is 4.10. The highest BCUT2D eigenvalue weighted by atomic mass is 16.6. The Morgan fingerprint density at radius 1 is 1.47 bits per heavy atom. The number of carboxylic acids is 1. The molecule has 4 heteroatoms. The second-order valence-electron chi connectivity index (χ2n) is 3.19. The van der Waals surface area contributed by atoms with E-state index in [0.717, 1.165) is 5.56 Å². The van der Waals surface area contributed by atoms with Crippen LogP contribution in [0, 0.1) is 0 Å². The molecular weight excluding hydrogens is 194 g/mol. The Morgan fingerprint density at radius 3 is 2.67 bits per heavy atom. The quantitative estimate of drug-likeness (QED) is 0.698. The highest BCUT2D eigenvalue weighted by Crippen LogP contribution is 2.00. The lowest BCUT2D eigenvalue weighted by atomic mass is 10.2. The Morgan fingerprint density at radius 2 is 2.13 bits per heavy atom. The first-order valence-electron chi connectivity index (χ1n) is 4.88. The fraction of sp³-hybridized carbons (Fsp3) is 0.364. The Balaban J connectivity index is 2.30. The number of carbonyl (C=O) groups is 1. The van der Waals surface area contributed by atoms with Gasteiger partial charge < -0.3 is 5.11 Å². The number of hydrogen-bond donors (Lipinski definition) is 2. The van der Waals surface area contributed by atoms with Crippen LogP contribution >= 0.6 is 0 Å². The van der Waals surface area contributed by atoms with Crippen molar-refractivity contribution >= 4 is 5.97 Å². The van der Waals surface area contributed by atoms with Crippen LogP contribution in [0.25, 0.3) is 0 Å². The molecule has 15 heavy (non-hydrogen) atoms. The summed E-state index contributed by atoms with van der Waals surface area (Å²) in [5.41, 5.74) is 3.52. The number of nitrogens with one attached hydrogen (secondary N) is 1. The number of carboxylic acid groups (broad SMARTS) is 1. The molecule has 2 N–H and O–H groups in total. The fourth-order valence-electron chi connectivity index (χ4n) is 1.11. The summed E-state index contributed by atoms with van der Waals surface area (Å²) in [6.07, 6.45) is 0.490. The van der Waals surface area contributed by atoms with E-state index in [1.54, 1.807) is 6.92 Å². The predicted molar refractivity (Wildman–Crippen MR) is 56.1 cm³/mol. The van der Waals surface area contributed by atoms with Crippen molar-refractivity contribution < 1.29 is 14.7 Å². The predicted octanol–water partition coefficient (Wildman–Crippen LogP) is 1.57. The van der Waals surface area contributed by atoms with E-state index in [9.17, 15) is 4.79 Å². The van der Waals surface area contributed by atoms with Gasteiger partial charge >= 0.3 is 5.97 Å². The molecule has 1 unspecified atom stereocenters. The number of aliphatic carboxylic acids is 1. The molecule has 82 valence electrons. The molecule has 0 spiro atoms. The molecule has 0 radical (unpaired) electrons. The number of benzene rings is 1. The van der Waals surface area contributed by atoms with Gasteiger partial charge in [0.1, 0.15) is 6.04 Å². The Bertz CT molecular complexity index is 300. The molecule has 0 saturated carbocycles. The van der Waals surface area contributed by atoms with Gasteiger partial charge in [0.2, 0.25) is 0 Å². The van der Waals surface area contributed by atoms with Gasteiger partial charge in [-0.3, -0.25) is 9.63 Å². The lowest BCUT2D eigenvalue weighted by molar-refractivity contribution is -0.144. The SMILES string of the molecule is CCC(NOCc1ccccc1)C(=O)O. The minimum Gasteiger partial charge on any atom is -0.480 e. The summed E-state index contributed by atoms with van der Waals surface area (Å²) in [6, 6.07) is 8.93. The van der Waals surface area contributed by atoms with Gasteiger partial charge in [-0.2, -0.15) is 5.48 Å². The summed E-state index contributed by atoms with van der Waals surface area (Å²) in [5, 5.41) is 8.73. The highest BCUT2D eigenvalue weighted by molar-refractivity contribution is 5.73. The molecule has 0 fully saturated rings. The van der Waals surface area contributed by atoms with Crippen LogP contribution < -0.4 is 5.48 Å². The minimum atomic E-state index is -0.898. The van der Waals surface area contributed by atoms with E-state index in [4.69, 9.17) is 9.94 Å². The van der Waals surface area contributed by atoms with E-state index in [1.807, 2.05) is 30.3 Å². The molecule has 0 heterocycles. The Hall–Kier alpha value is -1.39. The van der Waals surface area contributed by atoms with Crippen molar-refractivity contribution in [1.82, 2.24) is 5.48 Å². The molecule has 1 aromatic rings. The summed E-state index contributed by atoms with van der Waals surface area (Å²) < 4.78 is 0. The van der Waals surface area contributed by atoms with Crippen LogP contribution in [0.2, 0.25) is 0 Å². The number of hydrogen-bond acceptors (Lipinski definition) is 3. The molecule has 1 atom stereocenters. The summed E-state index contributed by atoms with van der Waals surface area (Å²) in [7, 11) is 0. The van der Waals surface area contributed by atoms with Gasteiger partial charge in [-0.05, 0) is 12.0 Å². The van der Waals surface area contributed by atoms with E-state index < -0.39 is 12.0 Å². The summed E-state index contributed by atoms with van der Waals surface area (Å²) >= 11 is 0. The first kappa shape index (κ1) is 11.7. The van der Waals surface area contributed by atoms with Crippen molar-refractivity contribution in [3.8, 4) is 0 Å². The minimum absolute atomic E-state index is 0.366. The zero-order valence-corrected chi connectivity index (χ0v) is 8.64. The van der Waals surface area contributed by atoms with Crippen LogP contribution in [0.15, 0.2) is 30.3 Å². The van der Waals surface area contributed by atoms with Crippen molar-refractivity contribution in [2.45, 2.75) is 26.0 Å². The van der Waals surface area contributed by atoms with Crippen molar-refractivity contribution in [3.63, 3.8) is 0 Å². The molecule has 0 aliphatic rings. The average Bonchev–Trinajstić information content (AvgIpc) is 2.25. The molecule has 0 amide bonds. The maximum Gasteiger partial charge on any atom is 0.323 e. The lowest BCUT2D eigenvalue weighted by Gasteiger charge is -2.11. The monoisotopic (exact) mass is 209 g/mol. The van der Waals surface area contributed by atoms with Gasteiger partial charge in [0.05, 0.1) is 6.61 Å².